The van der Waals surface area contributed by atoms with Crippen LogP contribution in [-0.4, -0.2) is 36.1 Å². The van der Waals surface area contributed by atoms with Crippen LogP contribution in [0.25, 0.3) is 0 Å². The summed E-state index contributed by atoms with van der Waals surface area (Å²) >= 11 is 0. The summed E-state index contributed by atoms with van der Waals surface area (Å²) in [6.07, 6.45) is 7.56. The zero-order chi connectivity index (χ0) is 11.2. The molecule has 0 saturated carbocycles. The summed E-state index contributed by atoms with van der Waals surface area (Å²) in [5.41, 5.74) is 7.38. The number of anilines is 2. The summed E-state index contributed by atoms with van der Waals surface area (Å²) in [5.74, 6) is 0. The zero-order valence-corrected chi connectivity index (χ0v) is 9.65. The number of nitrogens with two attached hydrogens (primary N) is 1. The third kappa shape index (κ3) is 3.38. The zero-order valence-electron chi connectivity index (χ0n) is 9.65. The van der Waals surface area contributed by atoms with Gasteiger partial charge in [0.05, 0.1) is 17.6 Å². The fraction of sp³-hybridized carbons (Fsp3) is 0.583. The molecule has 2 heterocycles. The number of likely N-dealkylation sites (tertiary alicyclic amines) is 1. The van der Waals surface area contributed by atoms with Crippen molar-refractivity contribution in [2.45, 2.75) is 19.3 Å². The number of pyridine rings is 1. The molecule has 0 spiro atoms. The van der Waals surface area contributed by atoms with Crippen molar-refractivity contribution in [1.82, 2.24) is 9.88 Å². The Bertz CT molecular complexity index is 321. The first-order chi connectivity index (χ1) is 7.84. The third-order valence-corrected chi connectivity index (χ3v) is 2.97. The molecule has 4 nitrogen and oxygen atoms in total. The molecule has 1 aromatic heterocycles. The Labute approximate surface area is 96.8 Å². The van der Waals surface area contributed by atoms with E-state index < -0.39 is 0 Å². The van der Waals surface area contributed by atoms with Gasteiger partial charge in [-0.15, -0.1) is 0 Å². The number of nitrogen functional groups attached to an aromatic ring is 1. The van der Waals surface area contributed by atoms with Gasteiger partial charge in [-0.3, -0.25) is 4.98 Å². The van der Waals surface area contributed by atoms with Gasteiger partial charge in [0.2, 0.25) is 0 Å². The Morgan fingerprint density at radius 2 is 2.06 bits per heavy atom. The van der Waals surface area contributed by atoms with E-state index in [1.54, 1.807) is 6.20 Å². The van der Waals surface area contributed by atoms with Crippen molar-refractivity contribution in [1.29, 1.82) is 0 Å². The summed E-state index contributed by atoms with van der Waals surface area (Å²) in [7, 11) is 0. The molecule has 0 amide bonds. The van der Waals surface area contributed by atoms with Gasteiger partial charge in [-0.25, -0.2) is 0 Å². The first kappa shape index (κ1) is 11.2. The standard InChI is InChI=1S/C12H20N4/c13-11-8-12(10-14-9-11)15-4-7-16-5-2-1-3-6-16/h8-10,15H,1-7,13H2. The second kappa shape index (κ2) is 5.70. The number of nitrogens with zero attached hydrogens (tertiary/aromatic N) is 2. The summed E-state index contributed by atoms with van der Waals surface area (Å²) in [5, 5.41) is 3.35. The molecule has 88 valence electrons. The largest absolute Gasteiger partial charge is 0.397 e. The Morgan fingerprint density at radius 1 is 1.25 bits per heavy atom. The number of piperidine rings is 1. The topological polar surface area (TPSA) is 54.2 Å². The van der Waals surface area contributed by atoms with Crippen LogP contribution in [0.1, 0.15) is 19.3 Å². The summed E-state index contributed by atoms with van der Waals surface area (Å²) in [6, 6.07) is 1.92. The molecule has 1 aromatic rings. The molecule has 0 atom stereocenters. The van der Waals surface area contributed by atoms with Gasteiger partial charge in [-0.05, 0) is 32.0 Å². The van der Waals surface area contributed by atoms with Gasteiger partial charge in [-0.2, -0.15) is 0 Å². The molecule has 1 aliphatic rings. The van der Waals surface area contributed by atoms with Crippen LogP contribution >= 0.6 is 0 Å². The van der Waals surface area contributed by atoms with E-state index in [2.05, 4.69) is 15.2 Å². The first-order valence-electron chi connectivity index (χ1n) is 6.01. The first-order valence-corrected chi connectivity index (χ1v) is 6.01. The van der Waals surface area contributed by atoms with Gasteiger partial charge in [0.1, 0.15) is 0 Å². The Morgan fingerprint density at radius 3 is 2.81 bits per heavy atom. The van der Waals surface area contributed by atoms with E-state index >= 15 is 0 Å². The lowest BCUT2D eigenvalue weighted by Crippen LogP contribution is -2.33. The second-order valence-electron chi connectivity index (χ2n) is 4.34. The van der Waals surface area contributed by atoms with Crippen LogP contribution in [-0.2, 0) is 0 Å². The van der Waals surface area contributed by atoms with Crippen LogP contribution in [0.2, 0.25) is 0 Å². The van der Waals surface area contributed by atoms with Gasteiger partial charge < -0.3 is 16.0 Å². The molecule has 1 saturated heterocycles. The van der Waals surface area contributed by atoms with Crippen molar-refractivity contribution in [2.24, 2.45) is 0 Å². The van der Waals surface area contributed by atoms with Crippen LogP contribution < -0.4 is 11.1 Å². The van der Waals surface area contributed by atoms with E-state index in [1.807, 2.05) is 12.3 Å². The van der Waals surface area contributed by atoms with E-state index in [1.165, 1.54) is 32.4 Å². The van der Waals surface area contributed by atoms with E-state index in [0.29, 0.717) is 5.69 Å². The van der Waals surface area contributed by atoms with Crippen molar-refractivity contribution >= 4 is 11.4 Å². The van der Waals surface area contributed by atoms with Gasteiger partial charge in [0.25, 0.3) is 0 Å². The average molecular weight is 220 g/mol. The second-order valence-corrected chi connectivity index (χ2v) is 4.34. The predicted octanol–water partition coefficient (Wildman–Crippen LogP) is 1.56. The monoisotopic (exact) mass is 220 g/mol. The smallest absolute Gasteiger partial charge is 0.0547 e. The van der Waals surface area contributed by atoms with E-state index in [0.717, 1.165) is 18.8 Å². The van der Waals surface area contributed by atoms with Crippen LogP contribution in [0, 0.1) is 0 Å². The lowest BCUT2D eigenvalue weighted by atomic mass is 10.1. The maximum atomic E-state index is 5.66. The molecule has 0 aliphatic carbocycles. The quantitative estimate of drug-likeness (QED) is 0.808. The fourth-order valence-electron chi connectivity index (χ4n) is 2.10. The molecular formula is C12H20N4. The molecule has 3 N–H and O–H groups in total. The highest BCUT2D eigenvalue weighted by atomic mass is 15.1. The highest BCUT2D eigenvalue weighted by Crippen LogP contribution is 2.10. The van der Waals surface area contributed by atoms with Crippen LogP contribution in [0.15, 0.2) is 18.5 Å². The van der Waals surface area contributed by atoms with Crippen molar-refractivity contribution < 1.29 is 0 Å². The van der Waals surface area contributed by atoms with Crippen molar-refractivity contribution in [2.75, 3.05) is 37.2 Å². The van der Waals surface area contributed by atoms with Crippen molar-refractivity contribution in [3.63, 3.8) is 0 Å². The Hall–Kier alpha value is -1.29. The van der Waals surface area contributed by atoms with Crippen LogP contribution in [0.4, 0.5) is 11.4 Å². The minimum absolute atomic E-state index is 0.711. The predicted molar refractivity (Wildman–Crippen MR) is 67.4 cm³/mol. The van der Waals surface area contributed by atoms with Crippen molar-refractivity contribution in [3.8, 4) is 0 Å². The minimum atomic E-state index is 0.711. The fourth-order valence-corrected chi connectivity index (χ4v) is 2.10. The van der Waals surface area contributed by atoms with Gasteiger partial charge in [0, 0.05) is 19.3 Å². The number of aromatic nitrogens is 1. The molecule has 1 fully saturated rings. The summed E-state index contributed by atoms with van der Waals surface area (Å²) in [6.45, 7) is 4.56. The molecule has 2 rings (SSSR count). The molecule has 0 bridgehead atoms. The Balaban J connectivity index is 1.71. The summed E-state index contributed by atoms with van der Waals surface area (Å²) in [4.78, 5) is 6.56. The molecule has 1 aliphatic heterocycles. The average Bonchev–Trinajstić information content (AvgIpc) is 2.30. The SMILES string of the molecule is Nc1cncc(NCCN2CCCCC2)c1. The molecule has 4 heteroatoms. The molecule has 16 heavy (non-hydrogen) atoms. The number of nitrogens with one attached hydrogen (secondary N) is 1. The maximum Gasteiger partial charge on any atom is 0.0547 e. The van der Waals surface area contributed by atoms with Crippen LogP contribution in [0.3, 0.4) is 0 Å². The molecule has 0 aromatic carbocycles. The highest BCUT2D eigenvalue weighted by molar-refractivity contribution is 5.51. The Kier molecular flexibility index (Phi) is 3.99. The van der Waals surface area contributed by atoms with Crippen molar-refractivity contribution in [3.05, 3.63) is 18.5 Å². The normalized spacial score (nSPS) is 17.2. The number of hydrogen-bond donors (Lipinski definition) is 2. The van der Waals surface area contributed by atoms with E-state index in [-0.39, 0.29) is 0 Å². The maximum absolute atomic E-state index is 5.66. The number of hydrogen-bond acceptors (Lipinski definition) is 4. The van der Waals surface area contributed by atoms with E-state index in [4.69, 9.17) is 5.73 Å². The minimum Gasteiger partial charge on any atom is -0.397 e. The molecule has 0 radical (unpaired) electrons. The lowest BCUT2D eigenvalue weighted by molar-refractivity contribution is 0.237. The lowest BCUT2D eigenvalue weighted by Gasteiger charge is -2.26. The molecular weight excluding hydrogens is 200 g/mol. The number of rotatable bonds is 4. The molecule has 0 unspecified atom stereocenters. The van der Waals surface area contributed by atoms with Gasteiger partial charge >= 0.3 is 0 Å². The van der Waals surface area contributed by atoms with Crippen LogP contribution in [0.5, 0.6) is 0 Å². The van der Waals surface area contributed by atoms with E-state index in [9.17, 15) is 0 Å². The third-order valence-electron chi connectivity index (χ3n) is 2.97. The van der Waals surface area contributed by atoms with Gasteiger partial charge in [0.15, 0.2) is 0 Å². The summed E-state index contributed by atoms with van der Waals surface area (Å²) < 4.78 is 0. The highest BCUT2D eigenvalue weighted by Gasteiger charge is 2.08. The van der Waals surface area contributed by atoms with Gasteiger partial charge in [-0.1, -0.05) is 6.42 Å².